The molecule has 2 rings (SSSR count). The van der Waals surface area contributed by atoms with Crippen molar-refractivity contribution < 1.29 is 0 Å². The third kappa shape index (κ3) is 4.35. The van der Waals surface area contributed by atoms with Crippen molar-refractivity contribution in [3.8, 4) is 0 Å². The predicted octanol–water partition coefficient (Wildman–Crippen LogP) is 3.16. The van der Waals surface area contributed by atoms with Crippen LogP contribution in [0.2, 0.25) is 0 Å². The molecule has 114 valence electrons. The first-order chi connectivity index (χ1) is 10.0. The van der Waals surface area contributed by atoms with Gasteiger partial charge in [0.15, 0.2) is 5.96 Å². The Labute approximate surface area is 128 Å². The predicted molar refractivity (Wildman–Crippen MR) is 90.9 cm³/mol. The lowest BCUT2D eigenvalue weighted by Crippen LogP contribution is -2.46. The van der Waals surface area contributed by atoms with Crippen LogP contribution in [-0.4, -0.2) is 25.6 Å². The van der Waals surface area contributed by atoms with Crippen LogP contribution in [0.4, 0.5) is 0 Å². The van der Waals surface area contributed by atoms with Crippen LogP contribution in [-0.2, 0) is 5.41 Å². The maximum Gasteiger partial charge on any atom is 0.191 e. The van der Waals surface area contributed by atoms with Crippen LogP contribution in [0.1, 0.15) is 37.8 Å². The molecule has 0 spiro atoms. The van der Waals surface area contributed by atoms with Crippen LogP contribution in [0.3, 0.4) is 0 Å². The highest BCUT2D eigenvalue weighted by Gasteiger charge is 2.21. The zero-order chi connectivity index (χ0) is 15.3. The summed E-state index contributed by atoms with van der Waals surface area (Å²) < 4.78 is 0. The Hall–Kier alpha value is -1.77. The third-order valence-corrected chi connectivity index (χ3v) is 4.10. The summed E-state index contributed by atoms with van der Waals surface area (Å²) in [5, 5.41) is 6.94. The number of benzene rings is 1. The molecule has 1 aliphatic carbocycles. The molecule has 0 heterocycles. The molecule has 0 atom stereocenters. The van der Waals surface area contributed by atoms with E-state index in [1.54, 1.807) is 0 Å². The SMILES string of the molecule is CN=C(NCC(C)(C)c1ccc(C)cc1)NC1CC=CC1. The number of hydrogen-bond acceptors (Lipinski definition) is 1. The Morgan fingerprint density at radius 2 is 1.81 bits per heavy atom. The monoisotopic (exact) mass is 285 g/mol. The number of hydrogen-bond donors (Lipinski definition) is 2. The van der Waals surface area contributed by atoms with Crippen LogP contribution >= 0.6 is 0 Å². The van der Waals surface area contributed by atoms with E-state index in [0.29, 0.717) is 6.04 Å². The molecule has 1 aliphatic rings. The fourth-order valence-electron chi connectivity index (χ4n) is 2.53. The van der Waals surface area contributed by atoms with Crippen molar-refractivity contribution in [2.45, 2.75) is 45.1 Å². The summed E-state index contributed by atoms with van der Waals surface area (Å²) in [5.74, 6) is 0.892. The van der Waals surface area contributed by atoms with Crippen molar-refractivity contribution in [1.29, 1.82) is 0 Å². The summed E-state index contributed by atoms with van der Waals surface area (Å²) in [6.45, 7) is 7.50. The highest BCUT2D eigenvalue weighted by Crippen LogP contribution is 2.22. The molecule has 0 amide bonds. The van der Waals surface area contributed by atoms with Gasteiger partial charge < -0.3 is 10.6 Å². The summed E-state index contributed by atoms with van der Waals surface area (Å²) >= 11 is 0. The Morgan fingerprint density at radius 3 is 2.38 bits per heavy atom. The van der Waals surface area contributed by atoms with Gasteiger partial charge in [0, 0.05) is 25.0 Å². The van der Waals surface area contributed by atoms with E-state index < -0.39 is 0 Å². The van der Waals surface area contributed by atoms with E-state index in [-0.39, 0.29) is 5.41 Å². The fraction of sp³-hybridized carbons (Fsp3) is 0.500. The van der Waals surface area contributed by atoms with Crippen LogP contribution in [0.15, 0.2) is 41.4 Å². The number of guanidine groups is 1. The van der Waals surface area contributed by atoms with E-state index in [9.17, 15) is 0 Å². The Kier molecular flexibility index (Phi) is 5.05. The van der Waals surface area contributed by atoms with Gasteiger partial charge in [-0.15, -0.1) is 0 Å². The minimum absolute atomic E-state index is 0.0687. The molecular formula is C18H27N3. The first kappa shape index (κ1) is 15.6. The average molecular weight is 285 g/mol. The number of aliphatic imine (C=N–C) groups is 1. The smallest absolute Gasteiger partial charge is 0.191 e. The molecular weight excluding hydrogens is 258 g/mol. The van der Waals surface area contributed by atoms with Crippen LogP contribution in [0, 0.1) is 6.92 Å². The van der Waals surface area contributed by atoms with E-state index >= 15 is 0 Å². The lowest BCUT2D eigenvalue weighted by Gasteiger charge is -2.27. The minimum atomic E-state index is 0.0687. The second kappa shape index (κ2) is 6.79. The van der Waals surface area contributed by atoms with E-state index in [1.165, 1.54) is 11.1 Å². The normalized spacial score (nSPS) is 16.3. The molecule has 0 radical (unpaired) electrons. The third-order valence-electron chi connectivity index (χ3n) is 4.10. The summed E-state index contributed by atoms with van der Waals surface area (Å²) in [7, 11) is 1.83. The second-order valence-electron chi connectivity index (χ2n) is 6.46. The van der Waals surface area contributed by atoms with Gasteiger partial charge in [0.2, 0.25) is 0 Å². The van der Waals surface area contributed by atoms with E-state index in [0.717, 1.165) is 25.3 Å². The van der Waals surface area contributed by atoms with E-state index in [1.807, 2.05) is 7.05 Å². The topological polar surface area (TPSA) is 36.4 Å². The summed E-state index contributed by atoms with van der Waals surface area (Å²) in [6.07, 6.45) is 6.62. The zero-order valence-electron chi connectivity index (χ0n) is 13.6. The van der Waals surface area contributed by atoms with Gasteiger partial charge in [0.05, 0.1) is 0 Å². The van der Waals surface area contributed by atoms with Gasteiger partial charge in [-0.1, -0.05) is 55.8 Å². The lowest BCUT2D eigenvalue weighted by molar-refractivity contribution is 0.504. The first-order valence-electron chi connectivity index (χ1n) is 7.70. The minimum Gasteiger partial charge on any atom is -0.356 e. The number of nitrogens with one attached hydrogen (secondary N) is 2. The maximum atomic E-state index is 4.33. The van der Waals surface area contributed by atoms with Gasteiger partial charge in [-0.05, 0) is 25.3 Å². The average Bonchev–Trinajstić information content (AvgIpc) is 2.97. The molecule has 1 aromatic carbocycles. The van der Waals surface area contributed by atoms with Crippen LogP contribution in [0.25, 0.3) is 0 Å². The molecule has 0 fully saturated rings. The molecule has 0 unspecified atom stereocenters. The number of aryl methyl sites for hydroxylation is 1. The van der Waals surface area contributed by atoms with Crippen LogP contribution < -0.4 is 10.6 Å². The molecule has 1 aromatic rings. The molecule has 0 saturated heterocycles. The molecule has 3 nitrogen and oxygen atoms in total. The Morgan fingerprint density at radius 1 is 1.19 bits per heavy atom. The number of nitrogens with zero attached hydrogens (tertiary/aromatic N) is 1. The molecule has 0 aliphatic heterocycles. The van der Waals surface area contributed by atoms with Gasteiger partial charge in [-0.2, -0.15) is 0 Å². The summed E-state index contributed by atoms with van der Waals surface area (Å²) in [5.41, 5.74) is 2.71. The molecule has 0 aromatic heterocycles. The fourth-order valence-corrected chi connectivity index (χ4v) is 2.53. The molecule has 0 saturated carbocycles. The van der Waals surface area contributed by atoms with Crippen molar-refractivity contribution >= 4 is 5.96 Å². The molecule has 0 bridgehead atoms. The van der Waals surface area contributed by atoms with Gasteiger partial charge in [0.1, 0.15) is 0 Å². The maximum absolute atomic E-state index is 4.33. The van der Waals surface area contributed by atoms with Crippen molar-refractivity contribution in [3.63, 3.8) is 0 Å². The van der Waals surface area contributed by atoms with Gasteiger partial charge in [0.25, 0.3) is 0 Å². The number of rotatable bonds is 4. The van der Waals surface area contributed by atoms with E-state index in [2.05, 4.69) is 72.8 Å². The van der Waals surface area contributed by atoms with Crippen molar-refractivity contribution in [1.82, 2.24) is 10.6 Å². The Bertz CT molecular complexity index is 504. The quantitative estimate of drug-likeness (QED) is 0.506. The van der Waals surface area contributed by atoms with Crippen LogP contribution in [0.5, 0.6) is 0 Å². The van der Waals surface area contributed by atoms with Crippen molar-refractivity contribution in [2.24, 2.45) is 4.99 Å². The second-order valence-corrected chi connectivity index (χ2v) is 6.46. The first-order valence-corrected chi connectivity index (χ1v) is 7.70. The largest absolute Gasteiger partial charge is 0.356 e. The molecule has 2 N–H and O–H groups in total. The lowest BCUT2D eigenvalue weighted by atomic mass is 9.84. The standard InChI is InChI=1S/C18H27N3/c1-14-9-11-15(12-10-14)18(2,3)13-20-17(19-4)21-16-7-5-6-8-16/h5-6,9-12,16H,7-8,13H2,1-4H3,(H2,19,20,21). The Balaban J connectivity index is 1.91. The summed E-state index contributed by atoms with van der Waals surface area (Å²) in [6, 6.07) is 9.27. The molecule has 3 heteroatoms. The van der Waals surface area contributed by atoms with Crippen molar-refractivity contribution in [2.75, 3.05) is 13.6 Å². The van der Waals surface area contributed by atoms with E-state index in [4.69, 9.17) is 0 Å². The van der Waals surface area contributed by atoms with Gasteiger partial charge >= 0.3 is 0 Å². The molecule has 21 heavy (non-hydrogen) atoms. The zero-order valence-corrected chi connectivity index (χ0v) is 13.6. The highest BCUT2D eigenvalue weighted by atomic mass is 15.2. The van der Waals surface area contributed by atoms with Gasteiger partial charge in [-0.3, -0.25) is 4.99 Å². The highest BCUT2D eigenvalue weighted by molar-refractivity contribution is 5.80. The van der Waals surface area contributed by atoms with Crippen molar-refractivity contribution in [3.05, 3.63) is 47.5 Å². The summed E-state index contributed by atoms with van der Waals surface area (Å²) in [4.78, 5) is 4.33. The van der Waals surface area contributed by atoms with Gasteiger partial charge in [-0.25, -0.2) is 0 Å².